The number of rotatable bonds is 12. The Hall–Kier alpha value is -2.20. The number of para-hydroxylation sites is 1. The molecule has 6 atom stereocenters. The molecule has 2 amide bonds. The van der Waals surface area contributed by atoms with E-state index in [0.717, 1.165) is 5.56 Å². The fraction of sp³-hybridized carbons (Fsp3) is 0.536. The van der Waals surface area contributed by atoms with Gasteiger partial charge in [0, 0.05) is 24.5 Å². The molecule has 0 saturated carbocycles. The van der Waals surface area contributed by atoms with Crippen LogP contribution in [0.15, 0.2) is 43.5 Å². The van der Waals surface area contributed by atoms with Crippen molar-refractivity contribution in [1.29, 1.82) is 0 Å². The third kappa shape index (κ3) is 4.83. The highest BCUT2D eigenvalue weighted by Gasteiger charge is 2.77. The molecule has 1 N–H and O–H groups in total. The number of aryl methyl sites for hydroxylation is 1. The largest absolute Gasteiger partial charge is 0.465 e. The van der Waals surface area contributed by atoms with Gasteiger partial charge in [-0.15, -0.1) is 13.2 Å². The molecule has 206 valence electrons. The molecule has 1 aromatic carbocycles. The van der Waals surface area contributed by atoms with E-state index in [1.807, 2.05) is 19.1 Å². The molecule has 0 aromatic heterocycles. The molecule has 3 fully saturated rings. The molecule has 8 nitrogen and oxygen atoms in total. The molecular formula is C28H34BrClN2O6. The van der Waals surface area contributed by atoms with Crippen LogP contribution in [0.2, 0.25) is 5.02 Å². The standard InChI is InChI=1S/C28H34BrClN2O6/c1-4-6-15-37-27(36)20-21-25(34)32(13-7-8-14-33)24(28(21)16-18(29)23(20)38-28)26(35)31(12-5-2)22-17(3)10-9-11-19(22)30/h4-5,9-11,18,20-21,23-24,33H,1-2,6-8,12-16H2,3H3/t18?,20-,21-,23-,24?,28?/m0/s1. The molecule has 4 rings (SSSR count). The lowest BCUT2D eigenvalue weighted by Crippen LogP contribution is -2.57. The molecule has 2 bridgehead atoms. The van der Waals surface area contributed by atoms with Gasteiger partial charge in [0.2, 0.25) is 5.91 Å². The summed E-state index contributed by atoms with van der Waals surface area (Å²) in [6.45, 7) is 9.90. The van der Waals surface area contributed by atoms with Gasteiger partial charge in [0.05, 0.1) is 35.3 Å². The predicted molar refractivity (Wildman–Crippen MR) is 148 cm³/mol. The first-order chi connectivity index (χ1) is 18.2. The molecular weight excluding hydrogens is 576 g/mol. The second kappa shape index (κ2) is 11.9. The van der Waals surface area contributed by atoms with Crippen LogP contribution in [0.5, 0.6) is 0 Å². The van der Waals surface area contributed by atoms with Crippen LogP contribution in [0.25, 0.3) is 0 Å². The number of carbonyl (C=O) groups is 3. The number of esters is 1. The molecule has 3 unspecified atom stereocenters. The van der Waals surface area contributed by atoms with Crippen LogP contribution in [-0.4, -0.2) is 76.7 Å². The summed E-state index contributed by atoms with van der Waals surface area (Å²) < 4.78 is 12.0. The van der Waals surface area contributed by atoms with Crippen molar-refractivity contribution in [2.24, 2.45) is 11.8 Å². The van der Waals surface area contributed by atoms with E-state index >= 15 is 0 Å². The highest BCUT2D eigenvalue weighted by molar-refractivity contribution is 9.09. The number of aliphatic hydroxyl groups excluding tert-OH is 1. The van der Waals surface area contributed by atoms with Gasteiger partial charge in [-0.25, -0.2) is 0 Å². The lowest BCUT2D eigenvalue weighted by molar-refractivity contribution is -0.154. The maximum Gasteiger partial charge on any atom is 0.312 e. The van der Waals surface area contributed by atoms with Crippen molar-refractivity contribution in [3.05, 3.63) is 54.1 Å². The summed E-state index contributed by atoms with van der Waals surface area (Å²) in [5.41, 5.74) is 0.143. The van der Waals surface area contributed by atoms with Gasteiger partial charge in [-0.1, -0.05) is 51.8 Å². The Balaban J connectivity index is 1.77. The third-order valence-electron chi connectivity index (χ3n) is 7.70. The number of unbranched alkanes of at least 4 members (excludes halogenated alkanes) is 1. The van der Waals surface area contributed by atoms with Gasteiger partial charge in [0.25, 0.3) is 5.91 Å². The number of halogens is 2. The normalized spacial score (nSPS) is 29.3. The highest BCUT2D eigenvalue weighted by Crippen LogP contribution is 2.60. The SMILES string of the molecule is C=CCCOC(=O)[C@H]1[C@H]2C(=O)N(CCCCO)C(C(=O)N(CC=C)c3c(C)cccc3Cl)C23CC(Br)[C@@H]1O3. The van der Waals surface area contributed by atoms with E-state index in [2.05, 4.69) is 29.1 Å². The number of hydrogen-bond acceptors (Lipinski definition) is 6. The van der Waals surface area contributed by atoms with Crippen LogP contribution in [0, 0.1) is 18.8 Å². The summed E-state index contributed by atoms with van der Waals surface area (Å²) in [6.07, 6.45) is 4.53. The Bertz CT molecular complexity index is 1090. The van der Waals surface area contributed by atoms with Crippen LogP contribution in [0.4, 0.5) is 5.69 Å². The van der Waals surface area contributed by atoms with Crippen molar-refractivity contribution in [3.63, 3.8) is 0 Å². The molecule has 38 heavy (non-hydrogen) atoms. The number of fused-ring (bicyclic) bond motifs is 1. The lowest BCUT2D eigenvalue weighted by atomic mass is 9.70. The van der Waals surface area contributed by atoms with Gasteiger partial charge in [-0.3, -0.25) is 14.4 Å². The second-order valence-corrected chi connectivity index (χ2v) is 11.6. The Labute approximate surface area is 236 Å². The highest BCUT2D eigenvalue weighted by atomic mass is 79.9. The summed E-state index contributed by atoms with van der Waals surface area (Å²) in [4.78, 5) is 44.6. The minimum Gasteiger partial charge on any atom is -0.465 e. The minimum atomic E-state index is -1.21. The van der Waals surface area contributed by atoms with Crippen molar-refractivity contribution >= 4 is 51.0 Å². The van der Waals surface area contributed by atoms with E-state index in [1.165, 1.54) is 4.90 Å². The molecule has 3 heterocycles. The van der Waals surface area contributed by atoms with E-state index in [9.17, 15) is 19.5 Å². The van der Waals surface area contributed by atoms with Crippen LogP contribution < -0.4 is 4.90 Å². The summed E-state index contributed by atoms with van der Waals surface area (Å²) in [5, 5.41) is 9.77. The first-order valence-electron chi connectivity index (χ1n) is 12.9. The van der Waals surface area contributed by atoms with Crippen molar-refractivity contribution in [2.75, 3.05) is 31.2 Å². The molecule has 3 saturated heterocycles. The van der Waals surface area contributed by atoms with Gasteiger partial charge in [0.1, 0.15) is 11.6 Å². The molecule has 3 aliphatic heterocycles. The van der Waals surface area contributed by atoms with E-state index in [0.29, 0.717) is 36.4 Å². The van der Waals surface area contributed by atoms with Crippen LogP contribution >= 0.6 is 27.5 Å². The maximum atomic E-state index is 14.5. The number of likely N-dealkylation sites (tertiary alicyclic amines) is 1. The third-order valence-corrected chi connectivity index (χ3v) is 8.85. The van der Waals surface area contributed by atoms with Gasteiger partial charge < -0.3 is 24.4 Å². The predicted octanol–water partition coefficient (Wildman–Crippen LogP) is 3.81. The second-order valence-electron chi connectivity index (χ2n) is 10.0. The zero-order valence-corrected chi connectivity index (χ0v) is 23.8. The number of carbonyl (C=O) groups excluding carboxylic acids is 3. The van der Waals surface area contributed by atoms with Crippen molar-refractivity contribution in [1.82, 2.24) is 4.90 Å². The van der Waals surface area contributed by atoms with E-state index in [4.69, 9.17) is 21.1 Å². The van der Waals surface area contributed by atoms with Crippen LogP contribution in [-0.2, 0) is 23.9 Å². The van der Waals surface area contributed by atoms with Crippen LogP contribution in [0.3, 0.4) is 0 Å². The van der Waals surface area contributed by atoms with Gasteiger partial charge >= 0.3 is 5.97 Å². The maximum absolute atomic E-state index is 14.5. The average molecular weight is 610 g/mol. The summed E-state index contributed by atoms with van der Waals surface area (Å²) in [5.74, 6) is -2.84. The summed E-state index contributed by atoms with van der Waals surface area (Å²) in [6, 6.07) is 4.41. The smallest absolute Gasteiger partial charge is 0.312 e. The monoisotopic (exact) mass is 608 g/mol. The summed E-state index contributed by atoms with van der Waals surface area (Å²) >= 11 is 10.2. The van der Waals surface area contributed by atoms with E-state index in [-0.39, 0.29) is 42.9 Å². The number of hydrogen-bond donors (Lipinski definition) is 1. The molecule has 1 aromatic rings. The van der Waals surface area contributed by atoms with E-state index in [1.54, 1.807) is 23.1 Å². The Morgan fingerprint density at radius 2 is 2.11 bits per heavy atom. The number of anilines is 1. The quantitative estimate of drug-likeness (QED) is 0.168. The average Bonchev–Trinajstić information content (AvgIpc) is 3.47. The number of aliphatic hydroxyl groups is 1. The first-order valence-corrected chi connectivity index (χ1v) is 14.2. The Kier molecular flexibility index (Phi) is 9.02. The van der Waals surface area contributed by atoms with Crippen LogP contribution in [0.1, 0.15) is 31.2 Å². The number of amides is 2. The lowest BCUT2D eigenvalue weighted by Gasteiger charge is -2.37. The topological polar surface area (TPSA) is 96.4 Å². The molecule has 10 heteroatoms. The van der Waals surface area contributed by atoms with Crippen molar-refractivity contribution < 1.29 is 29.0 Å². The van der Waals surface area contributed by atoms with E-state index < -0.39 is 35.6 Å². The number of alkyl halides is 1. The van der Waals surface area contributed by atoms with Gasteiger partial charge in [0.15, 0.2) is 0 Å². The Morgan fingerprint density at radius 1 is 1.34 bits per heavy atom. The molecule has 0 aliphatic carbocycles. The zero-order valence-electron chi connectivity index (χ0n) is 21.5. The number of ether oxygens (including phenoxy) is 2. The Morgan fingerprint density at radius 3 is 2.76 bits per heavy atom. The fourth-order valence-corrected chi connectivity index (χ4v) is 7.45. The van der Waals surface area contributed by atoms with Gasteiger partial charge in [-0.05, 0) is 44.2 Å². The molecule has 3 aliphatic rings. The first kappa shape index (κ1) is 28.8. The number of nitrogens with zero attached hydrogens (tertiary/aromatic N) is 2. The van der Waals surface area contributed by atoms with Crippen molar-refractivity contribution in [2.45, 2.75) is 55.2 Å². The van der Waals surface area contributed by atoms with Gasteiger partial charge in [-0.2, -0.15) is 0 Å². The van der Waals surface area contributed by atoms with Crippen molar-refractivity contribution in [3.8, 4) is 0 Å². The molecule has 1 spiro atoms. The fourth-order valence-electron chi connectivity index (χ4n) is 6.18. The minimum absolute atomic E-state index is 0.0308. The number of benzene rings is 1. The zero-order chi connectivity index (χ0) is 27.6. The summed E-state index contributed by atoms with van der Waals surface area (Å²) in [7, 11) is 0. The molecule has 0 radical (unpaired) electrons.